The highest BCUT2D eigenvalue weighted by molar-refractivity contribution is 5.85. The number of likely N-dealkylation sites (tertiary alicyclic amines) is 1. The highest BCUT2D eigenvalue weighted by Gasteiger charge is 2.20. The molecular weight excluding hydrogens is 298 g/mol. The van der Waals surface area contributed by atoms with Crippen LogP contribution in [0.1, 0.15) is 31.4 Å². The van der Waals surface area contributed by atoms with Gasteiger partial charge in [-0.2, -0.15) is 0 Å². The third-order valence-corrected chi connectivity index (χ3v) is 4.24. The number of nitrogens with zero attached hydrogens (tertiary/aromatic N) is 1. The van der Waals surface area contributed by atoms with Crippen molar-refractivity contribution in [2.75, 3.05) is 33.2 Å². The molecule has 1 fully saturated rings. The van der Waals surface area contributed by atoms with E-state index in [2.05, 4.69) is 15.5 Å². The van der Waals surface area contributed by atoms with Crippen LogP contribution in [0.2, 0.25) is 0 Å². The van der Waals surface area contributed by atoms with E-state index in [0.29, 0.717) is 6.54 Å². The Balaban J connectivity index is 0.00000242. The molecule has 1 atom stereocenters. The number of piperidine rings is 1. The van der Waals surface area contributed by atoms with E-state index in [9.17, 15) is 4.79 Å². The van der Waals surface area contributed by atoms with Crippen LogP contribution in [0.25, 0.3) is 0 Å². The summed E-state index contributed by atoms with van der Waals surface area (Å²) < 4.78 is 0. The summed E-state index contributed by atoms with van der Waals surface area (Å²) in [5.74, 6) is 0.885. The summed E-state index contributed by atoms with van der Waals surface area (Å²) in [4.78, 5) is 14.4. The van der Waals surface area contributed by atoms with Crippen LogP contribution in [-0.4, -0.2) is 44.0 Å². The quantitative estimate of drug-likeness (QED) is 0.843. The van der Waals surface area contributed by atoms with E-state index in [1.807, 2.05) is 44.3 Å². The van der Waals surface area contributed by atoms with Crippen molar-refractivity contribution in [2.45, 2.75) is 25.8 Å². The smallest absolute Gasteiger partial charge is 0.234 e. The zero-order valence-electron chi connectivity index (χ0n) is 13.5. The molecule has 0 spiro atoms. The summed E-state index contributed by atoms with van der Waals surface area (Å²) in [6.07, 6.45) is 2.37. The molecule has 0 aliphatic carbocycles. The van der Waals surface area contributed by atoms with Crippen LogP contribution in [-0.2, 0) is 4.79 Å². The predicted octanol–water partition coefficient (Wildman–Crippen LogP) is 2.22. The van der Waals surface area contributed by atoms with Gasteiger partial charge >= 0.3 is 0 Å². The maximum Gasteiger partial charge on any atom is 0.234 e. The van der Waals surface area contributed by atoms with Gasteiger partial charge in [-0.3, -0.25) is 9.69 Å². The van der Waals surface area contributed by atoms with Gasteiger partial charge < -0.3 is 10.6 Å². The first kappa shape index (κ1) is 18.9. The lowest BCUT2D eigenvalue weighted by molar-refractivity contribution is -0.123. The SMILES string of the molecule is CNCC1CCN(CC(=O)NC(C)c2ccccc2)CC1.Cl. The van der Waals surface area contributed by atoms with Crippen LogP contribution in [0.5, 0.6) is 0 Å². The van der Waals surface area contributed by atoms with E-state index in [1.54, 1.807) is 0 Å². The zero-order chi connectivity index (χ0) is 15.1. The van der Waals surface area contributed by atoms with Crippen molar-refractivity contribution in [3.63, 3.8) is 0 Å². The summed E-state index contributed by atoms with van der Waals surface area (Å²) in [5, 5.41) is 6.33. The zero-order valence-corrected chi connectivity index (χ0v) is 14.4. The van der Waals surface area contributed by atoms with Crippen molar-refractivity contribution in [3.05, 3.63) is 35.9 Å². The van der Waals surface area contributed by atoms with E-state index < -0.39 is 0 Å². The van der Waals surface area contributed by atoms with Gasteiger partial charge in [0.05, 0.1) is 12.6 Å². The summed E-state index contributed by atoms with van der Waals surface area (Å²) in [6, 6.07) is 10.2. The van der Waals surface area contributed by atoms with Crippen LogP contribution in [0.4, 0.5) is 0 Å². The highest BCUT2D eigenvalue weighted by atomic mass is 35.5. The number of benzene rings is 1. The van der Waals surface area contributed by atoms with E-state index in [0.717, 1.165) is 31.1 Å². The summed E-state index contributed by atoms with van der Waals surface area (Å²) >= 11 is 0. The number of amides is 1. The van der Waals surface area contributed by atoms with Gasteiger partial charge in [0.2, 0.25) is 5.91 Å². The van der Waals surface area contributed by atoms with Crippen molar-refractivity contribution in [1.29, 1.82) is 0 Å². The molecule has 1 aliphatic heterocycles. The molecule has 0 bridgehead atoms. The van der Waals surface area contributed by atoms with Gasteiger partial charge in [-0.1, -0.05) is 30.3 Å². The van der Waals surface area contributed by atoms with Crippen LogP contribution < -0.4 is 10.6 Å². The standard InChI is InChI=1S/C17H27N3O.ClH/c1-14(16-6-4-3-5-7-16)19-17(21)13-20-10-8-15(9-11-20)12-18-2;/h3-7,14-15,18H,8-13H2,1-2H3,(H,19,21);1H. The van der Waals surface area contributed by atoms with Gasteiger partial charge in [0, 0.05) is 0 Å². The molecule has 124 valence electrons. The lowest BCUT2D eigenvalue weighted by atomic mass is 9.97. The van der Waals surface area contributed by atoms with Crippen LogP contribution in [0, 0.1) is 5.92 Å². The van der Waals surface area contributed by atoms with Crippen LogP contribution in [0.3, 0.4) is 0 Å². The van der Waals surface area contributed by atoms with Crippen molar-refractivity contribution >= 4 is 18.3 Å². The van der Waals surface area contributed by atoms with E-state index in [1.165, 1.54) is 12.8 Å². The van der Waals surface area contributed by atoms with Gasteiger partial charge in [-0.25, -0.2) is 0 Å². The molecule has 1 amide bonds. The fourth-order valence-corrected chi connectivity index (χ4v) is 2.95. The molecule has 22 heavy (non-hydrogen) atoms. The van der Waals surface area contributed by atoms with Crippen molar-refractivity contribution in [2.24, 2.45) is 5.92 Å². The largest absolute Gasteiger partial charge is 0.348 e. The summed E-state index contributed by atoms with van der Waals surface area (Å²) in [5.41, 5.74) is 1.15. The van der Waals surface area contributed by atoms with Gasteiger partial charge in [0.15, 0.2) is 0 Å². The molecule has 1 unspecified atom stereocenters. The molecule has 1 aliphatic rings. The molecule has 0 saturated carbocycles. The van der Waals surface area contributed by atoms with E-state index in [-0.39, 0.29) is 24.4 Å². The monoisotopic (exact) mass is 325 g/mol. The number of halogens is 1. The first-order valence-electron chi connectivity index (χ1n) is 7.90. The minimum absolute atomic E-state index is 0. The molecule has 5 heteroatoms. The Kier molecular flexibility index (Phi) is 8.46. The second-order valence-corrected chi connectivity index (χ2v) is 5.98. The first-order valence-corrected chi connectivity index (χ1v) is 7.90. The average molecular weight is 326 g/mol. The van der Waals surface area contributed by atoms with E-state index >= 15 is 0 Å². The molecule has 0 radical (unpaired) electrons. The second kappa shape index (κ2) is 9.82. The maximum atomic E-state index is 12.1. The Bertz CT molecular complexity index is 433. The summed E-state index contributed by atoms with van der Waals surface area (Å²) in [6.45, 7) is 5.69. The van der Waals surface area contributed by atoms with Crippen LogP contribution >= 0.6 is 12.4 Å². The minimum atomic E-state index is 0. The Hall–Kier alpha value is -1.10. The summed E-state index contributed by atoms with van der Waals surface area (Å²) in [7, 11) is 2.00. The average Bonchev–Trinajstić information content (AvgIpc) is 2.50. The fraction of sp³-hybridized carbons (Fsp3) is 0.588. The number of hydrogen-bond acceptors (Lipinski definition) is 3. The molecule has 2 N–H and O–H groups in total. The van der Waals surface area contributed by atoms with Gasteiger partial charge in [-0.15, -0.1) is 12.4 Å². The Morgan fingerprint density at radius 1 is 1.27 bits per heavy atom. The van der Waals surface area contributed by atoms with Gasteiger partial charge in [0.1, 0.15) is 0 Å². The second-order valence-electron chi connectivity index (χ2n) is 5.98. The Labute approximate surface area is 140 Å². The lowest BCUT2D eigenvalue weighted by Crippen LogP contribution is -2.43. The number of carbonyl (C=O) groups is 1. The maximum absolute atomic E-state index is 12.1. The lowest BCUT2D eigenvalue weighted by Gasteiger charge is -2.31. The van der Waals surface area contributed by atoms with E-state index in [4.69, 9.17) is 0 Å². The highest BCUT2D eigenvalue weighted by Crippen LogP contribution is 2.16. The first-order chi connectivity index (χ1) is 10.2. The number of carbonyl (C=O) groups excluding carboxylic acids is 1. The molecular formula is C17H28ClN3O. The molecule has 1 aromatic rings. The van der Waals surface area contributed by atoms with Crippen molar-refractivity contribution in [1.82, 2.24) is 15.5 Å². The third kappa shape index (κ3) is 5.95. The molecule has 4 nitrogen and oxygen atoms in total. The van der Waals surface area contributed by atoms with Crippen molar-refractivity contribution < 1.29 is 4.79 Å². The third-order valence-electron chi connectivity index (χ3n) is 4.24. The molecule has 2 rings (SSSR count). The Morgan fingerprint density at radius 2 is 1.91 bits per heavy atom. The Morgan fingerprint density at radius 3 is 2.50 bits per heavy atom. The number of rotatable bonds is 6. The minimum Gasteiger partial charge on any atom is -0.348 e. The van der Waals surface area contributed by atoms with Crippen molar-refractivity contribution in [3.8, 4) is 0 Å². The van der Waals surface area contributed by atoms with Gasteiger partial charge in [-0.05, 0) is 57.9 Å². The molecule has 1 heterocycles. The predicted molar refractivity (Wildman–Crippen MR) is 93.3 cm³/mol. The number of nitrogens with one attached hydrogen (secondary N) is 2. The van der Waals surface area contributed by atoms with Gasteiger partial charge in [0.25, 0.3) is 0 Å². The van der Waals surface area contributed by atoms with Crippen LogP contribution in [0.15, 0.2) is 30.3 Å². The normalized spacial score (nSPS) is 17.5. The number of hydrogen-bond donors (Lipinski definition) is 2. The fourth-order valence-electron chi connectivity index (χ4n) is 2.95. The molecule has 1 aromatic carbocycles. The molecule has 0 aromatic heterocycles. The topological polar surface area (TPSA) is 44.4 Å². The molecule has 1 saturated heterocycles.